The van der Waals surface area contributed by atoms with Gasteiger partial charge in [0.1, 0.15) is 5.82 Å². The number of pyridine rings is 1. The van der Waals surface area contributed by atoms with Crippen LogP contribution in [0.2, 0.25) is 0 Å². The Morgan fingerprint density at radius 3 is 2.40 bits per heavy atom. The Bertz CT molecular complexity index is 218. The zero-order valence-corrected chi connectivity index (χ0v) is 6.63. The minimum absolute atomic E-state index is 1.01. The first-order chi connectivity index (χ1) is 4.70. The largest absolute Gasteiger partial charge is 0.363 e. The molecule has 0 bridgehead atoms. The van der Waals surface area contributed by atoms with Gasteiger partial charge in [0.2, 0.25) is 0 Å². The Morgan fingerprint density at radius 1 is 1.30 bits per heavy atom. The van der Waals surface area contributed by atoms with Crippen LogP contribution in [-0.4, -0.2) is 19.1 Å². The third-order valence-corrected chi connectivity index (χ3v) is 1.33. The van der Waals surface area contributed by atoms with E-state index in [-0.39, 0.29) is 0 Å². The molecule has 0 saturated heterocycles. The van der Waals surface area contributed by atoms with Gasteiger partial charge in [-0.25, -0.2) is 4.98 Å². The molecule has 0 unspecified atom stereocenters. The lowest BCUT2D eigenvalue weighted by molar-refractivity contribution is 1.04. The maximum absolute atomic E-state index is 4.30. The van der Waals surface area contributed by atoms with E-state index in [4.69, 9.17) is 0 Å². The van der Waals surface area contributed by atoms with Crippen LogP contribution >= 0.6 is 0 Å². The smallest absolute Gasteiger partial charge is 0.128 e. The van der Waals surface area contributed by atoms with Crippen molar-refractivity contribution in [3.63, 3.8) is 0 Å². The summed E-state index contributed by atoms with van der Waals surface area (Å²) in [7, 11) is 3.98. The van der Waals surface area contributed by atoms with Gasteiger partial charge in [-0.3, -0.25) is 0 Å². The first-order valence-electron chi connectivity index (χ1n) is 3.31. The summed E-state index contributed by atoms with van der Waals surface area (Å²) in [6.07, 6.45) is 0. The van der Waals surface area contributed by atoms with Crippen LogP contribution in [0, 0.1) is 6.92 Å². The molecule has 0 atom stereocenters. The van der Waals surface area contributed by atoms with Gasteiger partial charge in [0.05, 0.1) is 0 Å². The van der Waals surface area contributed by atoms with Crippen molar-refractivity contribution in [2.45, 2.75) is 6.92 Å². The van der Waals surface area contributed by atoms with Crippen molar-refractivity contribution in [3.8, 4) is 0 Å². The molecule has 2 heteroatoms. The van der Waals surface area contributed by atoms with Crippen molar-refractivity contribution in [2.75, 3.05) is 19.0 Å². The van der Waals surface area contributed by atoms with Crippen molar-refractivity contribution in [1.29, 1.82) is 0 Å². The van der Waals surface area contributed by atoms with E-state index < -0.39 is 0 Å². The third-order valence-electron chi connectivity index (χ3n) is 1.33. The summed E-state index contributed by atoms with van der Waals surface area (Å²) in [6, 6.07) is 6.00. The number of hydrogen-bond acceptors (Lipinski definition) is 2. The van der Waals surface area contributed by atoms with Crippen LogP contribution in [0.3, 0.4) is 0 Å². The maximum Gasteiger partial charge on any atom is 0.128 e. The van der Waals surface area contributed by atoms with Crippen LogP contribution in [0.15, 0.2) is 18.2 Å². The molecule has 2 nitrogen and oxygen atoms in total. The number of rotatable bonds is 1. The molecule has 1 rings (SSSR count). The molecule has 0 fully saturated rings. The highest BCUT2D eigenvalue weighted by Crippen LogP contribution is 2.05. The minimum atomic E-state index is 1.01. The van der Waals surface area contributed by atoms with E-state index in [1.807, 2.05) is 44.1 Å². The van der Waals surface area contributed by atoms with Gasteiger partial charge in [0.25, 0.3) is 0 Å². The zero-order chi connectivity index (χ0) is 7.56. The number of aromatic nitrogens is 1. The zero-order valence-electron chi connectivity index (χ0n) is 6.63. The molecule has 1 heterocycles. The fraction of sp³-hybridized carbons (Fsp3) is 0.375. The first-order valence-corrected chi connectivity index (χ1v) is 3.31. The molecule has 1 aromatic heterocycles. The Hall–Kier alpha value is -1.05. The Morgan fingerprint density at radius 2 is 2.00 bits per heavy atom. The predicted octanol–water partition coefficient (Wildman–Crippen LogP) is 1.46. The summed E-state index contributed by atoms with van der Waals surface area (Å²) >= 11 is 0. The van der Waals surface area contributed by atoms with E-state index in [1.54, 1.807) is 0 Å². The molecule has 0 aliphatic heterocycles. The van der Waals surface area contributed by atoms with Crippen molar-refractivity contribution in [3.05, 3.63) is 23.9 Å². The summed E-state index contributed by atoms with van der Waals surface area (Å²) < 4.78 is 0. The van der Waals surface area contributed by atoms with Crippen molar-refractivity contribution in [1.82, 2.24) is 4.98 Å². The SMILES string of the molecule is Cc1cccc(N(C)C)n1. The molecular weight excluding hydrogens is 124 g/mol. The summed E-state index contributed by atoms with van der Waals surface area (Å²) in [5.41, 5.74) is 1.06. The van der Waals surface area contributed by atoms with Gasteiger partial charge in [-0.1, -0.05) is 6.07 Å². The molecule has 0 radical (unpaired) electrons. The average Bonchev–Trinajstić information content (AvgIpc) is 1.88. The summed E-state index contributed by atoms with van der Waals surface area (Å²) in [6.45, 7) is 1.99. The second-order valence-corrected chi connectivity index (χ2v) is 2.53. The fourth-order valence-corrected chi connectivity index (χ4v) is 0.778. The topological polar surface area (TPSA) is 16.1 Å². The first kappa shape index (κ1) is 7.06. The maximum atomic E-state index is 4.30. The molecule has 0 spiro atoms. The summed E-state index contributed by atoms with van der Waals surface area (Å²) in [4.78, 5) is 6.29. The molecule has 0 amide bonds. The summed E-state index contributed by atoms with van der Waals surface area (Å²) in [5, 5.41) is 0. The molecule has 54 valence electrons. The second kappa shape index (κ2) is 2.69. The van der Waals surface area contributed by atoms with Crippen LogP contribution in [0.4, 0.5) is 5.82 Å². The molecule has 0 N–H and O–H groups in total. The number of aryl methyl sites for hydroxylation is 1. The van der Waals surface area contributed by atoms with Crippen LogP contribution < -0.4 is 4.90 Å². The van der Waals surface area contributed by atoms with Crippen molar-refractivity contribution in [2.24, 2.45) is 0 Å². The quantitative estimate of drug-likeness (QED) is 0.581. The number of hydrogen-bond donors (Lipinski definition) is 0. The van der Waals surface area contributed by atoms with Crippen LogP contribution in [0.1, 0.15) is 5.69 Å². The van der Waals surface area contributed by atoms with Gasteiger partial charge in [0.15, 0.2) is 0 Å². The van der Waals surface area contributed by atoms with Crippen molar-refractivity contribution >= 4 is 5.82 Å². The molecule has 0 aliphatic rings. The molecule has 0 aliphatic carbocycles. The molecular formula is C8H12N2. The molecule has 1 aromatic rings. The molecule has 0 aromatic carbocycles. The van der Waals surface area contributed by atoms with E-state index in [0.29, 0.717) is 0 Å². The number of nitrogens with zero attached hydrogens (tertiary/aromatic N) is 2. The Labute approximate surface area is 61.5 Å². The molecule has 10 heavy (non-hydrogen) atoms. The Balaban J connectivity index is 2.96. The van der Waals surface area contributed by atoms with Gasteiger partial charge < -0.3 is 4.90 Å². The van der Waals surface area contributed by atoms with Crippen LogP contribution in [-0.2, 0) is 0 Å². The predicted molar refractivity (Wildman–Crippen MR) is 43.3 cm³/mol. The molecule has 0 saturated carbocycles. The van der Waals surface area contributed by atoms with E-state index in [0.717, 1.165) is 11.5 Å². The van der Waals surface area contributed by atoms with E-state index in [9.17, 15) is 0 Å². The number of anilines is 1. The van der Waals surface area contributed by atoms with Crippen molar-refractivity contribution < 1.29 is 0 Å². The monoisotopic (exact) mass is 136 g/mol. The van der Waals surface area contributed by atoms with Crippen LogP contribution in [0.25, 0.3) is 0 Å². The van der Waals surface area contributed by atoms with E-state index in [1.165, 1.54) is 0 Å². The highest BCUT2D eigenvalue weighted by molar-refractivity contribution is 5.36. The second-order valence-electron chi connectivity index (χ2n) is 2.53. The Kier molecular flexibility index (Phi) is 1.90. The van der Waals surface area contributed by atoms with Gasteiger partial charge in [-0.05, 0) is 19.1 Å². The lowest BCUT2D eigenvalue weighted by Crippen LogP contribution is -2.10. The van der Waals surface area contributed by atoms with Crippen LogP contribution in [0.5, 0.6) is 0 Å². The average molecular weight is 136 g/mol. The lowest BCUT2D eigenvalue weighted by Gasteiger charge is -2.10. The third kappa shape index (κ3) is 1.47. The van der Waals surface area contributed by atoms with Gasteiger partial charge in [0, 0.05) is 19.8 Å². The lowest BCUT2D eigenvalue weighted by atomic mass is 10.4. The summed E-state index contributed by atoms with van der Waals surface area (Å²) in [5.74, 6) is 1.01. The van der Waals surface area contributed by atoms with Gasteiger partial charge >= 0.3 is 0 Å². The van der Waals surface area contributed by atoms with Gasteiger partial charge in [-0.2, -0.15) is 0 Å². The highest BCUT2D eigenvalue weighted by atomic mass is 15.1. The standard InChI is InChI=1S/C8H12N2/c1-7-5-4-6-8(9-7)10(2)3/h4-6H,1-3H3. The minimum Gasteiger partial charge on any atom is -0.363 e. The van der Waals surface area contributed by atoms with E-state index >= 15 is 0 Å². The highest BCUT2D eigenvalue weighted by Gasteiger charge is 1.93. The fourth-order valence-electron chi connectivity index (χ4n) is 0.778. The van der Waals surface area contributed by atoms with E-state index in [2.05, 4.69) is 4.98 Å². The van der Waals surface area contributed by atoms with Gasteiger partial charge in [-0.15, -0.1) is 0 Å². The normalized spacial score (nSPS) is 9.50.